The molecule has 3 atom stereocenters. The predicted octanol–water partition coefficient (Wildman–Crippen LogP) is 10.8. The van der Waals surface area contributed by atoms with Crippen LogP contribution in [0.1, 0.15) is 100.0 Å². The van der Waals surface area contributed by atoms with Crippen LogP contribution in [0.5, 0.6) is 11.8 Å². The predicted molar refractivity (Wildman–Crippen MR) is 248 cm³/mol. The van der Waals surface area contributed by atoms with Crippen molar-refractivity contribution in [2.75, 3.05) is 58.1 Å². The van der Waals surface area contributed by atoms with Gasteiger partial charge in [-0.05, 0) is 105 Å². The molecule has 64 heavy (non-hydrogen) atoms. The molecule has 0 aliphatic carbocycles. The summed E-state index contributed by atoms with van der Waals surface area (Å²) in [6.07, 6.45) is 2.23. The first-order valence-corrected chi connectivity index (χ1v) is 25.2. The average molecular weight is 900 g/mol. The van der Waals surface area contributed by atoms with Crippen molar-refractivity contribution in [3.8, 4) is 34.4 Å². The van der Waals surface area contributed by atoms with Crippen LogP contribution in [0.2, 0.25) is 16.6 Å². The van der Waals surface area contributed by atoms with Crippen LogP contribution in [0.3, 0.4) is 0 Å². The monoisotopic (exact) mass is 899 g/mol. The summed E-state index contributed by atoms with van der Waals surface area (Å²) in [6.45, 7) is 21.7. The van der Waals surface area contributed by atoms with Gasteiger partial charge in [-0.15, -0.1) is 5.54 Å². The second-order valence-electron chi connectivity index (χ2n) is 20.5. The van der Waals surface area contributed by atoms with Gasteiger partial charge < -0.3 is 28.7 Å². The molecule has 14 heteroatoms. The van der Waals surface area contributed by atoms with Gasteiger partial charge in [0.05, 0.1) is 16.6 Å². The first-order chi connectivity index (χ1) is 30.3. The minimum atomic E-state index is -2.31. The first kappa shape index (κ1) is 46.0. The number of hydrogen-bond donors (Lipinski definition) is 0. The van der Waals surface area contributed by atoms with Gasteiger partial charge in [0.1, 0.15) is 49.4 Å². The molecule has 0 bridgehead atoms. The van der Waals surface area contributed by atoms with Gasteiger partial charge in [0.2, 0.25) is 0 Å². The molecule has 344 valence electrons. The summed E-state index contributed by atoms with van der Waals surface area (Å²) in [4.78, 5) is 29.1. The molecular formula is C50H64F3N5O5Si. The van der Waals surface area contributed by atoms with Crippen LogP contribution in [-0.4, -0.2) is 110 Å². The van der Waals surface area contributed by atoms with Crippen LogP contribution in [0, 0.1) is 23.1 Å². The van der Waals surface area contributed by atoms with Gasteiger partial charge >= 0.3 is 12.1 Å². The molecule has 1 aromatic heterocycles. The van der Waals surface area contributed by atoms with Gasteiger partial charge in [-0.3, -0.25) is 4.90 Å². The largest absolute Gasteiger partial charge is 0.468 e. The van der Waals surface area contributed by atoms with Gasteiger partial charge in [0.15, 0.2) is 12.6 Å². The summed E-state index contributed by atoms with van der Waals surface area (Å²) in [5.74, 6) is 3.12. The number of anilines is 1. The van der Waals surface area contributed by atoms with Crippen molar-refractivity contribution in [3.05, 3.63) is 53.6 Å². The summed E-state index contributed by atoms with van der Waals surface area (Å²) in [5.41, 5.74) is 3.84. The SMILES string of the molecule is COCOc1cc(-c2ccc3c(N4CCC5(CCN5C(=O)OC(C)(C)C)C4)nc(OC[C@@]45CCCN4C[C@H](F)C5)nc3c2F)c2c(C#C[Si](C(C)C)(C(C)C)C(C)C)c(F)ccc2c1. The van der Waals surface area contributed by atoms with E-state index in [0.717, 1.165) is 25.8 Å². The van der Waals surface area contributed by atoms with Crippen molar-refractivity contribution < 1.29 is 36.9 Å². The standard InChI is InChI=1S/C50H64F3N5O5Si/c1-31(2)64(32(3)4,33(5)6)23-16-38-41(52)15-12-34-24-36(62-30-60-10)25-40(42(34)38)37-13-14-39-44(43(37)53)54-46(61-29-50-17-11-20-57(50)27-35(51)26-50)55-45(39)56-21-18-49(28-56)19-22-58(49)47(59)63-48(7,8)9/h12-15,24-25,31-33,35H,11,17-22,26-30H2,1-10H3/t35-,49?,50+/m1/s1. The molecule has 1 unspecified atom stereocenters. The van der Waals surface area contributed by atoms with E-state index < -0.39 is 42.6 Å². The molecule has 10 nitrogen and oxygen atoms in total. The van der Waals surface area contributed by atoms with Crippen molar-refractivity contribution in [2.24, 2.45) is 0 Å². The number of amides is 1. The molecule has 1 spiro atoms. The van der Waals surface area contributed by atoms with E-state index in [9.17, 15) is 9.18 Å². The number of carbonyl (C=O) groups is 1. The van der Waals surface area contributed by atoms with Crippen LogP contribution in [-0.2, 0) is 9.47 Å². The molecular weight excluding hydrogens is 836 g/mol. The third-order valence-corrected chi connectivity index (χ3v) is 20.9. The lowest BCUT2D eigenvalue weighted by atomic mass is 9.84. The van der Waals surface area contributed by atoms with E-state index in [0.29, 0.717) is 88.9 Å². The highest BCUT2D eigenvalue weighted by molar-refractivity contribution is 6.90. The van der Waals surface area contributed by atoms with E-state index in [1.165, 1.54) is 13.2 Å². The maximum atomic E-state index is 17.9. The van der Waals surface area contributed by atoms with Crippen molar-refractivity contribution in [1.29, 1.82) is 0 Å². The fourth-order valence-corrected chi connectivity index (χ4v) is 16.7. The van der Waals surface area contributed by atoms with E-state index in [4.69, 9.17) is 28.9 Å². The number of ether oxygens (including phenoxy) is 4. The number of alkyl halides is 1. The summed E-state index contributed by atoms with van der Waals surface area (Å²) in [5, 5.41) is 1.56. The third kappa shape index (κ3) is 8.19. The van der Waals surface area contributed by atoms with Crippen molar-refractivity contribution in [3.63, 3.8) is 0 Å². The highest BCUT2D eigenvalue weighted by atomic mass is 28.3. The molecule has 8 rings (SSSR count). The van der Waals surface area contributed by atoms with Crippen LogP contribution in [0.25, 0.3) is 32.8 Å². The lowest BCUT2D eigenvalue weighted by Crippen LogP contribution is -2.64. The van der Waals surface area contributed by atoms with E-state index in [2.05, 4.69) is 62.8 Å². The third-order valence-electron chi connectivity index (χ3n) is 14.6. The number of hydrogen-bond acceptors (Lipinski definition) is 9. The Morgan fingerprint density at radius 3 is 2.34 bits per heavy atom. The molecule has 4 aliphatic heterocycles. The zero-order chi connectivity index (χ0) is 45.9. The molecule has 5 heterocycles. The number of aromatic nitrogens is 2. The number of rotatable bonds is 11. The summed E-state index contributed by atoms with van der Waals surface area (Å²) in [6, 6.07) is 10.1. The number of halogens is 3. The Kier molecular flexibility index (Phi) is 12.4. The topological polar surface area (TPSA) is 89.5 Å². The fourth-order valence-electron chi connectivity index (χ4n) is 11.5. The number of likely N-dealkylation sites (tertiary alicyclic amines) is 1. The number of methoxy groups -OCH3 is 1. The van der Waals surface area contributed by atoms with E-state index in [1.54, 1.807) is 35.2 Å². The Bertz CT molecular complexity index is 2480. The molecule has 4 saturated heterocycles. The zero-order valence-electron chi connectivity index (χ0n) is 39.2. The molecule has 3 aromatic carbocycles. The second kappa shape index (κ2) is 17.3. The Labute approximate surface area is 377 Å². The molecule has 1 amide bonds. The normalized spacial score (nSPS) is 22.5. The Balaban J connectivity index is 1.28. The van der Waals surface area contributed by atoms with E-state index in [-0.39, 0.29) is 42.1 Å². The highest BCUT2D eigenvalue weighted by Crippen LogP contribution is 2.46. The number of fused-ring (bicyclic) bond motifs is 3. The quantitative estimate of drug-likeness (QED) is 0.0829. The van der Waals surface area contributed by atoms with Crippen LogP contribution in [0.4, 0.5) is 23.8 Å². The summed E-state index contributed by atoms with van der Waals surface area (Å²) in [7, 11) is -0.789. The zero-order valence-corrected chi connectivity index (χ0v) is 40.2. The second-order valence-corrected chi connectivity index (χ2v) is 26.1. The molecule has 4 aromatic rings. The Morgan fingerprint density at radius 1 is 0.938 bits per heavy atom. The number of benzene rings is 3. The molecule has 0 radical (unpaired) electrons. The van der Waals surface area contributed by atoms with Gasteiger partial charge in [-0.25, -0.2) is 18.0 Å². The minimum Gasteiger partial charge on any atom is -0.468 e. The maximum Gasteiger partial charge on any atom is 0.410 e. The smallest absolute Gasteiger partial charge is 0.410 e. The van der Waals surface area contributed by atoms with Crippen molar-refractivity contribution in [2.45, 2.75) is 134 Å². The van der Waals surface area contributed by atoms with Crippen molar-refractivity contribution >= 4 is 41.7 Å². The molecule has 4 aliphatic rings. The average Bonchev–Trinajstić information content (AvgIpc) is 3.92. The summed E-state index contributed by atoms with van der Waals surface area (Å²) < 4.78 is 72.6. The van der Waals surface area contributed by atoms with Gasteiger partial charge in [0, 0.05) is 56.0 Å². The minimum absolute atomic E-state index is 0.0161. The molecule has 0 saturated carbocycles. The number of nitrogens with zero attached hydrogens (tertiary/aromatic N) is 5. The molecule has 4 fully saturated rings. The lowest BCUT2D eigenvalue weighted by molar-refractivity contribution is -0.0362. The Morgan fingerprint density at radius 2 is 1.67 bits per heavy atom. The fraction of sp³-hybridized carbons (Fsp3) is 0.580. The van der Waals surface area contributed by atoms with Crippen LogP contribution >= 0.6 is 0 Å². The van der Waals surface area contributed by atoms with Gasteiger partial charge in [-0.2, -0.15) is 9.97 Å². The number of carbonyl (C=O) groups excluding carboxylic acids is 1. The van der Waals surface area contributed by atoms with Crippen LogP contribution < -0.4 is 14.4 Å². The first-order valence-electron chi connectivity index (χ1n) is 23.0. The summed E-state index contributed by atoms with van der Waals surface area (Å²) >= 11 is 0. The van der Waals surface area contributed by atoms with Crippen molar-refractivity contribution in [1.82, 2.24) is 19.8 Å². The Hall–Kier alpha value is -4.58. The van der Waals surface area contributed by atoms with Gasteiger partial charge in [-0.1, -0.05) is 59.6 Å². The highest BCUT2D eigenvalue weighted by Gasteiger charge is 2.54. The van der Waals surface area contributed by atoms with Crippen LogP contribution in [0.15, 0.2) is 36.4 Å². The maximum absolute atomic E-state index is 17.9. The van der Waals surface area contributed by atoms with E-state index in [1.807, 2.05) is 20.8 Å². The lowest BCUT2D eigenvalue weighted by Gasteiger charge is -2.50. The van der Waals surface area contributed by atoms with E-state index >= 15 is 8.78 Å². The van der Waals surface area contributed by atoms with Gasteiger partial charge in [0.25, 0.3) is 0 Å². The molecule has 0 N–H and O–H groups in total.